The minimum absolute atomic E-state index is 0.162. The molecule has 0 aromatic heterocycles. The smallest absolute Gasteiger partial charge is 0.135 e. The number of benzene rings is 1. The van der Waals surface area contributed by atoms with Gasteiger partial charge in [0.2, 0.25) is 0 Å². The van der Waals surface area contributed by atoms with Crippen LogP contribution < -0.4 is 0 Å². The number of Topliss-reactive ketones (excluding diaryl/α,β-unsaturated/α-hetero) is 1. The Morgan fingerprint density at radius 3 is 1.89 bits per heavy atom. The van der Waals surface area contributed by atoms with Crippen molar-refractivity contribution in [1.29, 1.82) is 0 Å². The van der Waals surface area contributed by atoms with Gasteiger partial charge in [0.25, 0.3) is 0 Å². The van der Waals surface area contributed by atoms with Gasteiger partial charge < -0.3 is 0 Å². The lowest BCUT2D eigenvalue weighted by Gasteiger charge is -2.07. The maximum Gasteiger partial charge on any atom is 0.135 e. The Bertz CT molecular complexity index is 333. The van der Waals surface area contributed by atoms with Crippen LogP contribution in [0.4, 0.5) is 0 Å². The lowest BCUT2D eigenvalue weighted by molar-refractivity contribution is -0.121. The molecule has 102 valence electrons. The third-order valence-electron chi connectivity index (χ3n) is 2.95. The Hall–Kier alpha value is -1.11. The highest BCUT2D eigenvalue weighted by Gasteiger charge is 2.07. The van der Waals surface area contributed by atoms with E-state index in [9.17, 15) is 4.79 Å². The Labute approximate surface area is 113 Å². The molecule has 0 bridgehead atoms. The van der Waals surface area contributed by atoms with Crippen LogP contribution >= 0.6 is 0 Å². The largest absolute Gasteiger partial charge is 0.299 e. The summed E-state index contributed by atoms with van der Waals surface area (Å²) < 4.78 is 0. The van der Waals surface area contributed by atoms with Gasteiger partial charge in [-0.05, 0) is 23.5 Å². The summed E-state index contributed by atoms with van der Waals surface area (Å²) in [7, 11) is 0. The van der Waals surface area contributed by atoms with E-state index in [1.54, 1.807) is 0 Å². The SMILES string of the molecule is CC.CC(C)C(=O)CCc1ccc(C(C)C)cc1. The first kappa shape index (κ1) is 16.9. The fourth-order valence-corrected chi connectivity index (χ4v) is 1.63. The zero-order chi connectivity index (χ0) is 14.1. The molecule has 0 heterocycles. The van der Waals surface area contributed by atoms with Gasteiger partial charge in [0, 0.05) is 12.3 Å². The Morgan fingerprint density at radius 2 is 1.50 bits per heavy atom. The minimum Gasteiger partial charge on any atom is -0.299 e. The van der Waals surface area contributed by atoms with E-state index in [0.29, 0.717) is 18.1 Å². The van der Waals surface area contributed by atoms with Gasteiger partial charge in [-0.3, -0.25) is 4.79 Å². The summed E-state index contributed by atoms with van der Waals surface area (Å²) >= 11 is 0. The number of carbonyl (C=O) groups excluding carboxylic acids is 1. The Balaban J connectivity index is 0.00000137. The number of carbonyl (C=O) groups is 1. The van der Waals surface area contributed by atoms with Crippen LogP contribution in [0, 0.1) is 5.92 Å². The first-order valence-electron chi connectivity index (χ1n) is 7.12. The van der Waals surface area contributed by atoms with E-state index in [1.165, 1.54) is 11.1 Å². The summed E-state index contributed by atoms with van der Waals surface area (Å²) in [5.41, 5.74) is 2.62. The van der Waals surface area contributed by atoms with Crippen molar-refractivity contribution in [2.75, 3.05) is 0 Å². The van der Waals surface area contributed by atoms with Crippen LogP contribution in [0.1, 0.15) is 65.0 Å². The maximum atomic E-state index is 11.5. The van der Waals surface area contributed by atoms with Crippen molar-refractivity contribution in [2.45, 2.75) is 60.3 Å². The molecule has 0 saturated carbocycles. The molecule has 18 heavy (non-hydrogen) atoms. The quantitative estimate of drug-likeness (QED) is 0.717. The number of aryl methyl sites for hydroxylation is 1. The molecule has 0 spiro atoms. The normalized spacial score (nSPS) is 10.2. The van der Waals surface area contributed by atoms with Gasteiger partial charge in [-0.1, -0.05) is 65.8 Å². The van der Waals surface area contributed by atoms with Crippen LogP contribution in [-0.4, -0.2) is 5.78 Å². The van der Waals surface area contributed by atoms with Crippen molar-refractivity contribution in [1.82, 2.24) is 0 Å². The molecule has 1 nitrogen and oxygen atoms in total. The summed E-state index contributed by atoms with van der Waals surface area (Å²) in [6, 6.07) is 8.62. The summed E-state index contributed by atoms with van der Waals surface area (Å²) in [6.07, 6.45) is 1.54. The average molecular weight is 248 g/mol. The lowest BCUT2D eigenvalue weighted by Crippen LogP contribution is -2.07. The number of hydrogen-bond acceptors (Lipinski definition) is 1. The molecule has 0 aliphatic heterocycles. The molecule has 0 N–H and O–H groups in total. The van der Waals surface area contributed by atoms with Crippen LogP contribution in [0.5, 0.6) is 0 Å². The molecule has 0 saturated heterocycles. The van der Waals surface area contributed by atoms with Crippen molar-refractivity contribution < 1.29 is 4.79 Å². The van der Waals surface area contributed by atoms with Gasteiger partial charge in [0.05, 0.1) is 0 Å². The summed E-state index contributed by atoms with van der Waals surface area (Å²) in [5, 5.41) is 0. The standard InChI is InChI=1S/C15H22O.C2H6/c1-11(2)14-8-5-13(6-9-14)7-10-15(16)12(3)4;1-2/h5-6,8-9,11-12H,7,10H2,1-4H3;1-2H3. The van der Waals surface area contributed by atoms with E-state index < -0.39 is 0 Å². The summed E-state index contributed by atoms with van der Waals surface area (Å²) in [5.74, 6) is 1.09. The zero-order valence-electron chi connectivity index (χ0n) is 12.8. The monoisotopic (exact) mass is 248 g/mol. The predicted molar refractivity (Wildman–Crippen MR) is 80.0 cm³/mol. The Morgan fingerprint density at radius 1 is 1.00 bits per heavy atom. The maximum absolute atomic E-state index is 11.5. The van der Waals surface area contributed by atoms with Crippen LogP contribution in [-0.2, 0) is 11.2 Å². The summed E-state index contributed by atoms with van der Waals surface area (Å²) in [6.45, 7) is 12.3. The van der Waals surface area contributed by atoms with Crippen molar-refractivity contribution >= 4 is 5.78 Å². The third-order valence-corrected chi connectivity index (χ3v) is 2.95. The van der Waals surface area contributed by atoms with E-state index >= 15 is 0 Å². The second-order valence-corrected chi connectivity index (χ2v) is 5.02. The minimum atomic E-state index is 0.162. The average Bonchev–Trinajstić information content (AvgIpc) is 2.38. The van der Waals surface area contributed by atoms with E-state index in [1.807, 2.05) is 27.7 Å². The first-order valence-corrected chi connectivity index (χ1v) is 7.12. The van der Waals surface area contributed by atoms with E-state index in [2.05, 4.69) is 38.1 Å². The first-order chi connectivity index (χ1) is 8.50. The number of ketones is 1. The van der Waals surface area contributed by atoms with Gasteiger partial charge in [-0.25, -0.2) is 0 Å². The molecule has 0 radical (unpaired) electrons. The highest BCUT2D eigenvalue weighted by Crippen LogP contribution is 2.15. The van der Waals surface area contributed by atoms with Crippen LogP contribution in [0.2, 0.25) is 0 Å². The molecule has 1 aromatic carbocycles. The van der Waals surface area contributed by atoms with Gasteiger partial charge in [0.15, 0.2) is 0 Å². The van der Waals surface area contributed by atoms with Crippen molar-refractivity contribution in [3.05, 3.63) is 35.4 Å². The molecule has 0 unspecified atom stereocenters. The van der Waals surface area contributed by atoms with Crippen molar-refractivity contribution in [3.8, 4) is 0 Å². The molecule has 0 atom stereocenters. The molecular formula is C17H28O. The molecule has 0 aliphatic rings. The van der Waals surface area contributed by atoms with Gasteiger partial charge >= 0.3 is 0 Å². The second-order valence-electron chi connectivity index (χ2n) is 5.02. The van der Waals surface area contributed by atoms with Crippen LogP contribution in [0.3, 0.4) is 0 Å². The topological polar surface area (TPSA) is 17.1 Å². The zero-order valence-corrected chi connectivity index (χ0v) is 12.8. The van der Waals surface area contributed by atoms with Gasteiger partial charge in [-0.2, -0.15) is 0 Å². The number of hydrogen-bond donors (Lipinski definition) is 0. The predicted octanol–water partition coefficient (Wildman–Crippen LogP) is 4.99. The number of rotatable bonds is 5. The van der Waals surface area contributed by atoms with Gasteiger partial charge in [0.1, 0.15) is 5.78 Å². The van der Waals surface area contributed by atoms with Crippen molar-refractivity contribution in [2.24, 2.45) is 5.92 Å². The lowest BCUT2D eigenvalue weighted by atomic mass is 9.98. The Kier molecular flexibility index (Phi) is 8.36. The third kappa shape index (κ3) is 6.00. The van der Waals surface area contributed by atoms with E-state index in [0.717, 1.165) is 6.42 Å². The fraction of sp³-hybridized carbons (Fsp3) is 0.588. The van der Waals surface area contributed by atoms with E-state index in [-0.39, 0.29) is 5.92 Å². The van der Waals surface area contributed by atoms with E-state index in [4.69, 9.17) is 0 Å². The molecule has 0 aliphatic carbocycles. The van der Waals surface area contributed by atoms with Crippen LogP contribution in [0.25, 0.3) is 0 Å². The summed E-state index contributed by atoms with van der Waals surface area (Å²) in [4.78, 5) is 11.5. The molecular weight excluding hydrogens is 220 g/mol. The second kappa shape index (κ2) is 8.91. The van der Waals surface area contributed by atoms with Crippen LogP contribution in [0.15, 0.2) is 24.3 Å². The highest BCUT2D eigenvalue weighted by atomic mass is 16.1. The molecule has 1 aromatic rings. The highest BCUT2D eigenvalue weighted by molar-refractivity contribution is 5.80. The molecule has 0 fully saturated rings. The molecule has 1 rings (SSSR count). The molecule has 0 amide bonds. The van der Waals surface area contributed by atoms with Crippen molar-refractivity contribution in [3.63, 3.8) is 0 Å². The van der Waals surface area contributed by atoms with Gasteiger partial charge in [-0.15, -0.1) is 0 Å². The fourth-order valence-electron chi connectivity index (χ4n) is 1.63. The molecule has 1 heteroatoms.